The van der Waals surface area contributed by atoms with Gasteiger partial charge in [0.1, 0.15) is 0 Å². The van der Waals surface area contributed by atoms with Gasteiger partial charge >= 0.3 is 0 Å². The second-order valence-electron chi connectivity index (χ2n) is 4.27. The van der Waals surface area contributed by atoms with Gasteiger partial charge in [-0.1, -0.05) is 6.07 Å². The van der Waals surface area contributed by atoms with Gasteiger partial charge in [-0.25, -0.2) is 0 Å². The molecule has 0 radical (unpaired) electrons. The summed E-state index contributed by atoms with van der Waals surface area (Å²) in [5.74, 6) is -0.362. The molecule has 0 aliphatic carbocycles. The summed E-state index contributed by atoms with van der Waals surface area (Å²) in [6.07, 6.45) is 0. The van der Waals surface area contributed by atoms with Crippen molar-refractivity contribution in [1.29, 1.82) is 0 Å². The molecule has 1 aromatic carbocycles. The molecule has 0 bridgehead atoms. The van der Waals surface area contributed by atoms with Gasteiger partial charge in [-0.15, -0.1) is 0 Å². The van der Waals surface area contributed by atoms with Gasteiger partial charge in [0.2, 0.25) is 0 Å². The zero-order valence-electron chi connectivity index (χ0n) is 11.5. The van der Waals surface area contributed by atoms with Crippen molar-refractivity contribution in [1.82, 2.24) is 4.90 Å². The number of aryl methyl sites for hydroxylation is 1. The van der Waals surface area contributed by atoms with Crippen molar-refractivity contribution in [2.75, 3.05) is 33.4 Å². The van der Waals surface area contributed by atoms with E-state index < -0.39 is 4.92 Å². The van der Waals surface area contributed by atoms with E-state index in [2.05, 4.69) is 0 Å². The molecule has 0 heterocycles. The van der Waals surface area contributed by atoms with Gasteiger partial charge in [0, 0.05) is 37.4 Å². The predicted molar refractivity (Wildman–Crippen MR) is 72.7 cm³/mol. The predicted octanol–water partition coefficient (Wildman–Crippen LogP) is 0.984. The molecule has 0 unspecified atom stereocenters. The van der Waals surface area contributed by atoms with Crippen LogP contribution in [0.1, 0.15) is 15.9 Å². The molecule has 0 aromatic heterocycles. The Morgan fingerprint density at radius 1 is 1.45 bits per heavy atom. The van der Waals surface area contributed by atoms with Gasteiger partial charge in [-0.2, -0.15) is 0 Å². The molecular weight excluding hydrogens is 264 g/mol. The van der Waals surface area contributed by atoms with Crippen LogP contribution < -0.4 is 0 Å². The van der Waals surface area contributed by atoms with Crippen molar-refractivity contribution in [2.24, 2.45) is 0 Å². The number of carbonyl (C=O) groups excluding carboxylic acids is 1. The van der Waals surface area contributed by atoms with E-state index >= 15 is 0 Å². The van der Waals surface area contributed by atoms with Crippen molar-refractivity contribution in [3.8, 4) is 0 Å². The second kappa shape index (κ2) is 7.56. The lowest BCUT2D eigenvalue weighted by Crippen LogP contribution is -2.36. The van der Waals surface area contributed by atoms with Crippen LogP contribution in [0, 0.1) is 17.0 Å². The summed E-state index contributed by atoms with van der Waals surface area (Å²) in [4.78, 5) is 24.0. The molecule has 7 nitrogen and oxygen atoms in total. The SMILES string of the molecule is COCCN(CCO)C(=O)c1ccc(C)c([N+](=O)[O-])c1. The van der Waals surface area contributed by atoms with Gasteiger partial charge in [-0.3, -0.25) is 14.9 Å². The fourth-order valence-electron chi connectivity index (χ4n) is 1.76. The van der Waals surface area contributed by atoms with Crippen LogP contribution in [0.15, 0.2) is 18.2 Å². The second-order valence-corrected chi connectivity index (χ2v) is 4.27. The lowest BCUT2D eigenvalue weighted by molar-refractivity contribution is -0.385. The summed E-state index contributed by atoms with van der Waals surface area (Å²) in [6, 6.07) is 4.34. The summed E-state index contributed by atoms with van der Waals surface area (Å²) in [7, 11) is 1.51. The van der Waals surface area contributed by atoms with Crippen LogP contribution in [0.4, 0.5) is 5.69 Å². The Morgan fingerprint density at radius 3 is 2.70 bits per heavy atom. The standard InChI is InChI=1S/C13H18N2O5/c1-10-3-4-11(9-12(10)15(18)19)13(17)14(5-7-16)6-8-20-2/h3-4,9,16H,5-8H2,1-2H3. The molecule has 1 aromatic rings. The highest BCUT2D eigenvalue weighted by Crippen LogP contribution is 2.20. The van der Waals surface area contributed by atoms with Crippen molar-refractivity contribution >= 4 is 11.6 Å². The van der Waals surface area contributed by atoms with Crippen molar-refractivity contribution in [3.63, 3.8) is 0 Å². The van der Waals surface area contributed by atoms with Crippen LogP contribution in [-0.2, 0) is 4.74 Å². The van der Waals surface area contributed by atoms with Gasteiger partial charge in [0.15, 0.2) is 0 Å². The molecule has 110 valence electrons. The lowest BCUT2D eigenvalue weighted by atomic mass is 10.1. The van der Waals surface area contributed by atoms with Crippen LogP contribution in [0.3, 0.4) is 0 Å². The zero-order chi connectivity index (χ0) is 15.1. The minimum atomic E-state index is -0.516. The van der Waals surface area contributed by atoms with E-state index in [0.29, 0.717) is 18.7 Å². The van der Waals surface area contributed by atoms with E-state index in [1.54, 1.807) is 19.1 Å². The molecule has 0 spiro atoms. The summed E-state index contributed by atoms with van der Waals surface area (Å²) in [5, 5.41) is 19.9. The number of methoxy groups -OCH3 is 1. The molecular formula is C13H18N2O5. The highest BCUT2D eigenvalue weighted by Gasteiger charge is 2.19. The maximum atomic E-state index is 12.3. The number of nitro groups is 1. The van der Waals surface area contributed by atoms with E-state index in [1.807, 2.05) is 0 Å². The number of ether oxygens (including phenoxy) is 1. The average molecular weight is 282 g/mol. The first kappa shape index (κ1) is 16.1. The number of nitro benzene ring substituents is 1. The monoisotopic (exact) mass is 282 g/mol. The fourth-order valence-corrected chi connectivity index (χ4v) is 1.76. The van der Waals surface area contributed by atoms with E-state index in [1.165, 1.54) is 18.1 Å². The number of benzene rings is 1. The lowest BCUT2D eigenvalue weighted by Gasteiger charge is -2.21. The third-order valence-corrected chi connectivity index (χ3v) is 2.88. The number of aliphatic hydroxyl groups excluding tert-OH is 1. The third kappa shape index (κ3) is 4.01. The highest BCUT2D eigenvalue weighted by molar-refractivity contribution is 5.95. The largest absolute Gasteiger partial charge is 0.395 e. The number of amides is 1. The third-order valence-electron chi connectivity index (χ3n) is 2.88. The van der Waals surface area contributed by atoms with Crippen LogP contribution in [0.25, 0.3) is 0 Å². The quantitative estimate of drug-likeness (QED) is 0.594. The number of hydrogen-bond acceptors (Lipinski definition) is 5. The molecule has 7 heteroatoms. The topological polar surface area (TPSA) is 92.9 Å². The molecule has 0 aliphatic heterocycles. The highest BCUT2D eigenvalue weighted by atomic mass is 16.6. The number of nitrogens with zero attached hydrogens (tertiary/aromatic N) is 2. The molecule has 0 atom stereocenters. The van der Waals surface area contributed by atoms with Crippen molar-refractivity contribution < 1.29 is 19.6 Å². The molecule has 1 rings (SSSR count). The summed E-state index contributed by atoms with van der Waals surface area (Å²) >= 11 is 0. The van der Waals surface area contributed by atoms with Crippen LogP contribution in [0.2, 0.25) is 0 Å². The Kier molecular flexibility index (Phi) is 6.08. The first-order valence-electron chi connectivity index (χ1n) is 6.15. The molecule has 0 fully saturated rings. The number of hydrogen-bond donors (Lipinski definition) is 1. The van der Waals surface area contributed by atoms with Gasteiger partial charge in [-0.05, 0) is 13.0 Å². The Hall–Kier alpha value is -1.99. The van der Waals surface area contributed by atoms with E-state index in [4.69, 9.17) is 9.84 Å². The molecule has 0 saturated heterocycles. The normalized spacial score (nSPS) is 10.3. The summed E-state index contributed by atoms with van der Waals surface area (Å²) < 4.78 is 4.90. The maximum Gasteiger partial charge on any atom is 0.273 e. The Bertz CT molecular complexity index is 490. The van der Waals surface area contributed by atoms with Crippen LogP contribution in [0.5, 0.6) is 0 Å². The molecule has 0 saturated carbocycles. The summed E-state index contributed by atoms with van der Waals surface area (Å²) in [5.41, 5.74) is 0.635. The summed E-state index contributed by atoms with van der Waals surface area (Å²) in [6.45, 7) is 2.24. The Labute approximate surface area is 116 Å². The number of aliphatic hydroxyl groups is 1. The minimum Gasteiger partial charge on any atom is -0.395 e. The number of carbonyl (C=O) groups is 1. The molecule has 1 amide bonds. The molecule has 1 N–H and O–H groups in total. The molecule has 0 aliphatic rings. The number of rotatable bonds is 7. The van der Waals surface area contributed by atoms with E-state index in [-0.39, 0.29) is 30.3 Å². The van der Waals surface area contributed by atoms with Gasteiger partial charge in [0.25, 0.3) is 11.6 Å². The first-order valence-corrected chi connectivity index (χ1v) is 6.15. The minimum absolute atomic E-state index is 0.0912. The Balaban J connectivity index is 2.99. The zero-order valence-corrected chi connectivity index (χ0v) is 11.5. The first-order chi connectivity index (χ1) is 9.51. The smallest absolute Gasteiger partial charge is 0.273 e. The van der Waals surface area contributed by atoms with Crippen molar-refractivity contribution in [3.05, 3.63) is 39.4 Å². The van der Waals surface area contributed by atoms with Crippen molar-refractivity contribution in [2.45, 2.75) is 6.92 Å². The van der Waals surface area contributed by atoms with E-state index in [9.17, 15) is 14.9 Å². The van der Waals surface area contributed by atoms with Gasteiger partial charge in [0.05, 0.1) is 18.1 Å². The van der Waals surface area contributed by atoms with Crippen LogP contribution in [-0.4, -0.2) is 54.3 Å². The van der Waals surface area contributed by atoms with Gasteiger partial charge < -0.3 is 14.7 Å². The van der Waals surface area contributed by atoms with E-state index in [0.717, 1.165) is 0 Å². The maximum absolute atomic E-state index is 12.3. The Morgan fingerprint density at radius 2 is 2.15 bits per heavy atom. The fraction of sp³-hybridized carbons (Fsp3) is 0.462. The van der Waals surface area contributed by atoms with Crippen LogP contribution >= 0.6 is 0 Å². The average Bonchev–Trinajstić information content (AvgIpc) is 2.43. The molecule has 20 heavy (non-hydrogen) atoms.